The molecule has 0 fully saturated rings. The number of hydrogen-bond donors (Lipinski definition) is 1. The molecule has 0 aliphatic heterocycles. The van der Waals surface area contributed by atoms with Crippen LogP contribution in [0.1, 0.15) is 0 Å². The van der Waals surface area contributed by atoms with E-state index in [4.69, 9.17) is 4.74 Å². The molecule has 2 rings (SSSR count). The number of hydrogen-bond acceptors (Lipinski definition) is 4. The van der Waals surface area contributed by atoms with Crippen molar-refractivity contribution in [3.63, 3.8) is 0 Å². The van der Waals surface area contributed by atoms with Crippen molar-refractivity contribution in [1.29, 1.82) is 0 Å². The van der Waals surface area contributed by atoms with Gasteiger partial charge in [-0.3, -0.25) is 13.9 Å². The third-order valence-electron chi connectivity index (χ3n) is 3.13. The van der Waals surface area contributed by atoms with Gasteiger partial charge in [0, 0.05) is 20.1 Å². The Morgan fingerprint density at radius 1 is 1.32 bits per heavy atom. The molecule has 0 radical (unpaired) electrons. The molecular weight excluding hydrogens is 246 g/mol. The molecule has 1 N–H and O–H groups in total. The predicted molar refractivity (Wildman–Crippen MR) is 73.9 cm³/mol. The molecule has 0 bridgehead atoms. The number of benzene rings is 1. The molecule has 0 aliphatic carbocycles. The van der Waals surface area contributed by atoms with Crippen LogP contribution in [0.25, 0.3) is 10.9 Å². The fraction of sp³-hybridized carbons (Fsp3) is 0.385. The third kappa shape index (κ3) is 2.15. The summed E-state index contributed by atoms with van der Waals surface area (Å²) in [4.78, 5) is 24.6. The summed E-state index contributed by atoms with van der Waals surface area (Å²) < 4.78 is 7.90. The molecule has 0 saturated carbocycles. The maximum Gasteiger partial charge on any atom is 0.331 e. The lowest BCUT2D eigenvalue weighted by molar-refractivity contribution is 0.416. The second kappa shape index (κ2) is 5.27. The van der Waals surface area contributed by atoms with Crippen LogP contribution in [0.2, 0.25) is 0 Å². The van der Waals surface area contributed by atoms with E-state index in [1.54, 1.807) is 32.3 Å². The number of nitrogens with zero attached hydrogens (tertiary/aromatic N) is 2. The van der Waals surface area contributed by atoms with Crippen LogP contribution in [0.5, 0.6) is 5.75 Å². The Morgan fingerprint density at radius 2 is 2.05 bits per heavy atom. The first-order valence-electron chi connectivity index (χ1n) is 6.03. The second-order valence-corrected chi connectivity index (χ2v) is 4.26. The van der Waals surface area contributed by atoms with Crippen LogP contribution >= 0.6 is 0 Å². The molecule has 0 aliphatic rings. The second-order valence-electron chi connectivity index (χ2n) is 4.26. The number of aromatic nitrogens is 2. The Hall–Kier alpha value is -2.08. The third-order valence-corrected chi connectivity index (χ3v) is 3.13. The normalized spacial score (nSPS) is 10.9. The molecule has 6 nitrogen and oxygen atoms in total. The molecule has 6 heteroatoms. The highest BCUT2D eigenvalue weighted by Crippen LogP contribution is 2.20. The van der Waals surface area contributed by atoms with E-state index in [0.717, 1.165) is 0 Å². The van der Waals surface area contributed by atoms with Gasteiger partial charge in [-0.25, -0.2) is 4.79 Å². The number of methoxy groups -OCH3 is 1. The van der Waals surface area contributed by atoms with Crippen LogP contribution in [0.3, 0.4) is 0 Å². The zero-order valence-corrected chi connectivity index (χ0v) is 11.3. The Balaban J connectivity index is 2.84. The number of fused-ring (bicyclic) bond motifs is 1. The molecule has 0 amide bonds. The van der Waals surface area contributed by atoms with Crippen LogP contribution in [0.15, 0.2) is 27.8 Å². The van der Waals surface area contributed by atoms with E-state index in [0.29, 0.717) is 29.7 Å². The summed E-state index contributed by atoms with van der Waals surface area (Å²) in [5.74, 6) is 0.523. The predicted octanol–water partition coefficient (Wildman–Crippen LogP) is -0.0718. The maximum atomic E-state index is 12.3. The lowest BCUT2D eigenvalue weighted by atomic mass is 10.2. The molecule has 1 aromatic carbocycles. The molecule has 102 valence electrons. The summed E-state index contributed by atoms with van der Waals surface area (Å²) in [7, 11) is 4.94. The van der Waals surface area contributed by atoms with Crippen molar-refractivity contribution in [2.45, 2.75) is 6.54 Å². The highest BCUT2D eigenvalue weighted by Gasteiger charge is 2.13. The summed E-state index contributed by atoms with van der Waals surface area (Å²) in [5.41, 5.74) is -0.0924. The number of likely N-dealkylation sites (N-methyl/N-ethyl adjacent to an activating group) is 1. The van der Waals surface area contributed by atoms with E-state index in [-0.39, 0.29) is 11.2 Å². The van der Waals surface area contributed by atoms with Gasteiger partial charge in [0.05, 0.1) is 12.5 Å². The van der Waals surface area contributed by atoms with Crippen molar-refractivity contribution >= 4 is 10.9 Å². The molecule has 0 saturated heterocycles. The van der Waals surface area contributed by atoms with Crippen LogP contribution < -0.4 is 21.3 Å². The smallest absolute Gasteiger partial charge is 0.331 e. The molecule has 1 aromatic heterocycles. The number of nitrogens with one attached hydrogen (secondary N) is 1. The summed E-state index contributed by atoms with van der Waals surface area (Å²) in [6.07, 6.45) is 0. The summed E-state index contributed by atoms with van der Waals surface area (Å²) in [6, 6.07) is 5.18. The Labute approximate surface area is 110 Å². The molecule has 0 unspecified atom stereocenters. The lowest BCUT2D eigenvalue weighted by Crippen LogP contribution is -2.41. The van der Waals surface area contributed by atoms with Gasteiger partial charge in [0.25, 0.3) is 5.56 Å². The topological polar surface area (TPSA) is 65.3 Å². The summed E-state index contributed by atoms with van der Waals surface area (Å²) in [5, 5.41) is 3.41. The average molecular weight is 263 g/mol. The highest BCUT2D eigenvalue weighted by molar-refractivity contribution is 5.84. The van der Waals surface area contributed by atoms with Gasteiger partial charge in [-0.05, 0) is 19.2 Å². The van der Waals surface area contributed by atoms with Gasteiger partial charge in [-0.15, -0.1) is 0 Å². The molecule has 19 heavy (non-hydrogen) atoms. The number of aryl methyl sites for hydroxylation is 1. The lowest BCUT2D eigenvalue weighted by Gasteiger charge is -2.12. The van der Waals surface area contributed by atoms with Crippen molar-refractivity contribution < 1.29 is 4.74 Å². The molecule has 2 aromatic rings. The Kier molecular flexibility index (Phi) is 3.71. The van der Waals surface area contributed by atoms with E-state index < -0.39 is 0 Å². The van der Waals surface area contributed by atoms with Crippen molar-refractivity contribution in [3.8, 4) is 5.75 Å². The largest absolute Gasteiger partial charge is 0.495 e. The Morgan fingerprint density at radius 3 is 2.68 bits per heavy atom. The van der Waals surface area contributed by atoms with Crippen molar-refractivity contribution in [3.05, 3.63) is 39.0 Å². The minimum Gasteiger partial charge on any atom is -0.495 e. The first-order valence-corrected chi connectivity index (χ1v) is 6.03. The minimum absolute atomic E-state index is 0.285. The van der Waals surface area contributed by atoms with Crippen LogP contribution in [0, 0.1) is 0 Å². The quantitative estimate of drug-likeness (QED) is 0.838. The van der Waals surface area contributed by atoms with Gasteiger partial charge >= 0.3 is 5.69 Å². The van der Waals surface area contributed by atoms with E-state index in [9.17, 15) is 9.59 Å². The van der Waals surface area contributed by atoms with Gasteiger partial charge in [0.15, 0.2) is 0 Å². The molecule has 0 spiro atoms. The van der Waals surface area contributed by atoms with Crippen LogP contribution in [0.4, 0.5) is 0 Å². The van der Waals surface area contributed by atoms with E-state index >= 15 is 0 Å². The standard InChI is InChI=1S/C13H17N3O3/c1-14-7-8-16-12(17)9-5-4-6-10(19-3)11(9)15(2)13(16)18/h4-6,14H,7-8H2,1-3H3. The first kappa shape index (κ1) is 13.4. The summed E-state index contributed by atoms with van der Waals surface area (Å²) >= 11 is 0. The van der Waals surface area contributed by atoms with Gasteiger partial charge in [-0.2, -0.15) is 0 Å². The van der Waals surface area contributed by atoms with Gasteiger partial charge in [0.2, 0.25) is 0 Å². The summed E-state index contributed by atoms with van der Waals surface area (Å²) in [6.45, 7) is 0.903. The fourth-order valence-corrected chi connectivity index (χ4v) is 2.14. The SMILES string of the molecule is CNCCn1c(=O)c2cccc(OC)c2n(C)c1=O. The van der Waals surface area contributed by atoms with E-state index in [2.05, 4.69) is 5.32 Å². The van der Waals surface area contributed by atoms with Crippen molar-refractivity contribution in [2.75, 3.05) is 20.7 Å². The first-order chi connectivity index (χ1) is 9.11. The van der Waals surface area contributed by atoms with Crippen LogP contribution in [-0.2, 0) is 13.6 Å². The average Bonchev–Trinajstić information content (AvgIpc) is 2.44. The molecular formula is C13H17N3O3. The monoisotopic (exact) mass is 263 g/mol. The minimum atomic E-state index is -0.336. The van der Waals surface area contributed by atoms with Gasteiger partial charge in [0.1, 0.15) is 11.3 Å². The fourth-order valence-electron chi connectivity index (χ4n) is 2.14. The van der Waals surface area contributed by atoms with Gasteiger partial charge in [-0.1, -0.05) is 6.07 Å². The molecule has 0 atom stereocenters. The van der Waals surface area contributed by atoms with E-state index in [1.807, 2.05) is 0 Å². The van der Waals surface area contributed by atoms with Crippen molar-refractivity contribution in [1.82, 2.24) is 14.5 Å². The Bertz CT molecular complexity index is 715. The number of para-hydroxylation sites is 1. The van der Waals surface area contributed by atoms with Crippen LogP contribution in [-0.4, -0.2) is 29.8 Å². The number of ether oxygens (including phenoxy) is 1. The van der Waals surface area contributed by atoms with Gasteiger partial charge < -0.3 is 10.1 Å². The maximum absolute atomic E-state index is 12.3. The molecule has 1 heterocycles. The zero-order valence-electron chi connectivity index (χ0n) is 11.3. The van der Waals surface area contributed by atoms with E-state index in [1.165, 1.54) is 16.2 Å². The highest BCUT2D eigenvalue weighted by atomic mass is 16.5. The van der Waals surface area contributed by atoms with Crippen molar-refractivity contribution in [2.24, 2.45) is 7.05 Å². The zero-order chi connectivity index (χ0) is 14.0. The number of rotatable bonds is 4.